The monoisotopic (exact) mass is 283 g/mol. The van der Waals surface area contributed by atoms with E-state index in [1.54, 1.807) is 6.07 Å². The largest absolute Gasteiger partial charge is 0.381 e. The molecule has 4 N–H and O–H groups in total. The molecule has 0 unspecified atom stereocenters. The van der Waals surface area contributed by atoms with E-state index >= 15 is 0 Å². The average molecular weight is 283 g/mol. The first-order valence-electron chi connectivity index (χ1n) is 6.53. The van der Waals surface area contributed by atoms with Crippen LogP contribution in [0.15, 0.2) is 48.7 Å². The topological polar surface area (TPSA) is 70.9 Å². The number of halogens is 1. The van der Waals surface area contributed by atoms with Crippen molar-refractivity contribution in [1.29, 1.82) is 0 Å². The zero-order chi connectivity index (χ0) is 14.8. The van der Waals surface area contributed by atoms with Crippen molar-refractivity contribution in [3.8, 4) is 0 Å². The van der Waals surface area contributed by atoms with E-state index in [-0.39, 0.29) is 5.56 Å². The van der Waals surface area contributed by atoms with Crippen molar-refractivity contribution in [2.75, 3.05) is 5.32 Å². The van der Waals surface area contributed by atoms with Crippen molar-refractivity contribution in [2.24, 2.45) is 5.73 Å². The van der Waals surface area contributed by atoms with Gasteiger partial charge in [0.2, 0.25) is 0 Å². The Kier molecular flexibility index (Phi) is 3.31. The second-order valence-corrected chi connectivity index (χ2v) is 4.77. The summed E-state index contributed by atoms with van der Waals surface area (Å²) in [5.41, 5.74) is 7.82. The number of primary amides is 1. The molecule has 0 fully saturated rings. The Hall–Kier alpha value is -2.82. The van der Waals surface area contributed by atoms with Gasteiger partial charge in [0, 0.05) is 18.4 Å². The van der Waals surface area contributed by atoms with Gasteiger partial charge in [0.1, 0.15) is 5.82 Å². The van der Waals surface area contributed by atoms with E-state index in [0.29, 0.717) is 12.2 Å². The standard InChI is InChI=1S/C16H14FN3O/c17-14-5-4-12(8-13(14)16(18)21)20-9-11-3-1-2-10-6-7-19-15(10)11/h1-8,19-20H,9H2,(H2,18,21). The molecule has 0 aliphatic heterocycles. The van der Waals surface area contributed by atoms with Gasteiger partial charge in [-0.2, -0.15) is 0 Å². The van der Waals surface area contributed by atoms with Crippen molar-refractivity contribution in [2.45, 2.75) is 6.54 Å². The van der Waals surface area contributed by atoms with Crippen molar-refractivity contribution in [1.82, 2.24) is 4.98 Å². The quantitative estimate of drug-likeness (QED) is 0.688. The molecule has 0 saturated carbocycles. The van der Waals surface area contributed by atoms with Crippen LogP contribution in [-0.2, 0) is 6.54 Å². The summed E-state index contributed by atoms with van der Waals surface area (Å²) in [6.45, 7) is 0.557. The van der Waals surface area contributed by atoms with Crippen LogP contribution in [0, 0.1) is 5.82 Å². The molecule has 0 bridgehead atoms. The second-order valence-electron chi connectivity index (χ2n) is 4.77. The van der Waals surface area contributed by atoms with Crippen LogP contribution < -0.4 is 11.1 Å². The molecule has 0 radical (unpaired) electrons. The third kappa shape index (κ3) is 2.58. The number of carbonyl (C=O) groups excluding carboxylic acids is 1. The highest BCUT2D eigenvalue weighted by molar-refractivity contribution is 5.94. The Morgan fingerprint density at radius 3 is 2.90 bits per heavy atom. The molecule has 0 aliphatic carbocycles. The van der Waals surface area contributed by atoms with Crippen LogP contribution in [0.25, 0.3) is 10.9 Å². The van der Waals surface area contributed by atoms with Crippen molar-refractivity contribution < 1.29 is 9.18 Å². The number of benzene rings is 2. The molecule has 0 atom stereocenters. The molecule has 2 aromatic carbocycles. The minimum atomic E-state index is -0.775. The molecule has 1 amide bonds. The van der Waals surface area contributed by atoms with E-state index < -0.39 is 11.7 Å². The molecule has 0 saturated heterocycles. The van der Waals surface area contributed by atoms with Gasteiger partial charge in [0.15, 0.2) is 0 Å². The lowest BCUT2D eigenvalue weighted by molar-refractivity contribution is 0.0996. The van der Waals surface area contributed by atoms with E-state index in [9.17, 15) is 9.18 Å². The zero-order valence-corrected chi connectivity index (χ0v) is 11.2. The van der Waals surface area contributed by atoms with Crippen LogP contribution in [-0.4, -0.2) is 10.9 Å². The van der Waals surface area contributed by atoms with Crippen LogP contribution in [0.5, 0.6) is 0 Å². The van der Waals surface area contributed by atoms with Gasteiger partial charge in [-0.25, -0.2) is 4.39 Å². The number of H-pyrrole nitrogens is 1. The van der Waals surface area contributed by atoms with Crippen LogP contribution in [0.2, 0.25) is 0 Å². The Morgan fingerprint density at radius 2 is 2.10 bits per heavy atom. The van der Waals surface area contributed by atoms with E-state index in [1.807, 2.05) is 30.5 Å². The summed E-state index contributed by atoms with van der Waals surface area (Å²) < 4.78 is 13.4. The fraction of sp³-hybridized carbons (Fsp3) is 0.0625. The number of aromatic nitrogens is 1. The van der Waals surface area contributed by atoms with Gasteiger partial charge in [0.25, 0.3) is 5.91 Å². The van der Waals surface area contributed by atoms with Gasteiger partial charge in [-0.1, -0.05) is 18.2 Å². The molecule has 3 aromatic rings. The smallest absolute Gasteiger partial charge is 0.251 e. The van der Waals surface area contributed by atoms with Crippen LogP contribution in [0.4, 0.5) is 10.1 Å². The maximum absolute atomic E-state index is 13.4. The van der Waals surface area contributed by atoms with E-state index in [4.69, 9.17) is 5.73 Å². The lowest BCUT2D eigenvalue weighted by Crippen LogP contribution is -2.13. The van der Waals surface area contributed by atoms with E-state index in [0.717, 1.165) is 16.5 Å². The summed E-state index contributed by atoms with van der Waals surface area (Å²) in [7, 11) is 0. The maximum Gasteiger partial charge on any atom is 0.251 e. The Morgan fingerprint density at radius 1 is 1.24 bits per heavy atom. The molecule has 0 spiro atoms. The minimum absolute atomic E-state index is 0.113. The predicted molar refractivity (Wildman–Crippen MR) is 80.5 cm³/mol. The third-order valence-electron chi connectivity index (χ3n) is 3.39. The molecule has 4 nitrogen and oxygen atoms in total. The molecule has 5 heteroatoms. The maximum atomic E-state index is 13.4. The number of rotatable bonds is 4. The molecule has 1 aromatic heterocycles. The molecule has 1 heterocycles. The third-order valence-corrected chi connectivity index (χ3v) is 3.39. The number of nitrogens with two attached hydrogens (primary N) is 1. The second kappa shape index (κ2) is 5.28. The summed E-state index contributed by atoms with van der Waals surface area (Å²) in [5, 5.41) is 4.30. The SMILES string of the molecule is NC(=O)c1cc(NCc2cccc3cc[nH]c23)ccc1F. The Labute approximate surface area is 120 Å². The fourth-order valence-electron chi connectivity index (χ4n) is 2.32. The average Bonchev–Trinajstić information content (AvgIpc) is 2.95. The van der Waals surface area contributed by atoms with Gasteiger partial charge in [-0.3, -0.25) is 4.79 Å². The lowest BCUT2D eigenvalue weighted by atomic mass is 10.1. The molecule has 21 heavy (non-hydrogen) atoms. The van der Waals surface area contributed by atoms with Gasteiger partial charge in [0.05, 0.1) is 11.1 Å². The van der Waals surface area contributed by atoms with Gasteiger partial charge in [-0.15, -0.1) is 0 Å². The summed E-state index contributed by atoms with van der Waals surface area (Å²) in [6, 6.07) is 12.2. The number of hydrogen-bond acceptors (Lipinski definition) is 2. The minimum Gasteiger partial charge on any atom is -0.381 e. The number of nitrogens with one attached hydrogen (secondary N) is 2. The number of fused-ring (bicyclic) bond motifs is 1. The molecule has 3 rings (SSSR count). The Bertz CT molecular complexity index is 810. The zero-order valence-electron chi connectivity index (χ0n) is 11.2. The number of hydrogen-bond donors (Lipinski definition) is 3. The summed E-state index contributed by atoms with van der Waals surface area (Å²) in [5.74, 6) is -1.39. The number of anilines is 1. The number of carbonyl (C=O) groups is 1. The number of aromatic amines is 1. The summed E-state index contributed by atoms with van der Waals surface area (Å²) in [4.78, 5) is 14.3. The predicted octanol–water partition coefficient (Wildman–Crippen LogP) is 3.02. The summed E-state index contributed by atoms with van der Waals surface area (Å²) >= 11 is 0. The number of para-hydroxylation sites is 1. The molecular formula is C16H14FN3O. The summed E-state index contributed by atoms with van der Waals surface area (Å²) in [6.07, 6.45) is 1.89. The lowest BCUT2D eigenvalue weighted by Gasteiger charge is -2.09. The first-order chi connectivity index (χ1) is 10.1. The van der Waals surface area contributed by atoms with Crippen LogP contribution in [0.3, 0.4) is 0 Å². The van der Waals surface area contributed by atoms with E-state index in [1.165, 1.54) is 12.1 Å². The molecular weight excluding hydrogens is 269 g/mol. The van der Waals surface area contributed by atoms with Crippen molar-refractivity contribution >= 4 is 22.5 Å². The number of amides is 1. The Balaban J connectivity index is 1.83. The van der Waals surface area contributed by atoms with E-state index in [2.05, 4.69) is 10.3 Å². The van der Waals surface area contributed by atoms with Gasteiger partial charge >= 0.3 is 0 Å². The highest BCUT2D eigenvalue weighted by Crippen LogP contribution is 2.19. The van der Waals surface area contributed by atoms with Crippen molar-refractivity contribution in [3.05, 3.63) is 65.6 Å². The normalized spacial score (nSPS) is 10.7. The molecule has 0 aliphatic rings. The van der Waals surface area contributed by atoms with Gasteiger partial charge < -0.3 is 16.0 Å². The highest BCUT2D eigenvalue weighted by Gasteiger charge is 2.09. The van der Waals surface area contributed by atoms with Crippen LogP contribution >= 0.6 is 0 Å². The fourth-order valence-corrected chi connectivity index (χ4v) is 2.32. The first kappa shape index (κ1) is 13.2. The first-order valence-corrected chi connectivity index (χ1v) is 6.53. The van der Waals surface area contributed by atoms with Gasteiger partial charge in [-0.05, 0) is 35.2 Å². The van der Waals surface area contributed by atoms with Crippen LogP contribution in [0.1, 0.15) is 15.9 Å². The van der Waals surface area contributed by atoms with Crippen molar-refractivity contribution in [3.63, 3.8) is 0 Å². The molecule has 106 valence electrons. The highest BCUT2D eigenvalue weighted by atomic mass is 19.1.